The van der Waals surface area contributed by atoms with Gasteiger partial charge in [0.2, 0.25) is 0 Å². The third-order valence-corrected chi connectivity index (χ3v) is 3.60. The van der Waals surface area contributed by atoms with Gasteiger partial charge >= 0.3 is 6.18 Å². The van der Waals surface area contributed by atoms with Gasteiger partial charge in [0.25, 0.3) is 5.91 Å². The third kappa shape index (κ3) is 4.77. The Morgan fingerprint density at radius 1 is 1.27 bits per heavy atom. The summed E-state index contributed by atoms with van der Waals surface area (Å²) in [6.45, 7) is 0. The monoisotopic (exact) mass is 380 g/mol. The molecule has 1 amide bonds. The first-order chi connectivity index (χ1) is 12.2. The van der Waals surface area contributed by atoms with Gasteiger partial charge in [0, 0.05) is 5.69 Å². The fourth-order valence-corrected chi connectivity index (χ4v) is 2.33. The second-order valence-corrected chi connectivity index (χ2v) is 5.50. The first-order valence-corrected chi connectivity index (χ1v) is 7.56. The molecule has 0 aliphatic heterocycles. The minimum atomic E-state index is -4.53. The number of hydrogen-bond donors (Lipinski definition) is 1. The zero-order valence-electron chi connectivity index (χ0n) is 13.4. The van der Waals surface area contributed by atoms with Gasteiger partial charge in [-0.15, -0.1) is 0 Å². The number of amides is 1. The van der Waals surface area contributed by atoms with Crippen LogP contribution in [0.15, 0.2) is 48.0 Å². The predicted octanol–water partition coefficient (Wildman–Crippen LogP) is 4.91. The number of halogens is 4. The maximum atomic E-state index is 12.7. The van der Waals surface area contributed by atoms with Gasteiger partial charge in [-0.2, -0.15) is 18.4 Å². The molecule has 4 nitrogen and oxygen atoms in total. The highest BCUT2D eigenvalue weighted by atomic mass is 35.5. The van der Waals surface area contributed by atoms with E-state index in [0.717, 1.165) is 18.2 Å². The Morgan fingerprint density at radius 2 is 2.00 bits per heavy atom. The standard InChI is InChI=1S/C18H12ClF3N2O2/c1-26-16-6-5-11(8-15(16)19)7-12(10-23)17(25)24-14-4-2-3-13(9-14)18(20,21)22/h2-9H,1H3,(H,24,25)/b12-7+. The van der Waals surface area contributed by atoms with Crippen LogP contribution >= 0.6 is 11.6 Å². The van der Waals surface area contributed by atoms with Crippen molar-refractivity contribution in [3.8, 4) is 11.8 Å². The molecule has 0 saturated carbocycles. The first-order valence-electron chi connectivity index (χ1n) is 7.18. The number of rotatable bonds is 4. The Labute approximate surface area is 152 Å². The van der Waals surface area contributed by atoms with Gasteiger partial charge in [-0.25, -0.2) is 0 Å². The molecule has 0 aliphatic rings. The molecule has 0 radical (unpaired) electrons. The van der Waals surface area contributed by atoms with Crippen LogP contribution in [0, 0.1) is 11.3 Å². The molecule has 0 fully saturated rings. The van der Waals surface area contributed by atoms with Gasteiger partial charge in [-0.3, -0.25) is 4.79 Å². The summed E-state index contributed by atoms with van der Waals surface area (Å²) in [5, 5.41) is 11.7. The summed E-state index contributed by atoms with van der Waals surface area (Å²) >= 11 is 5.98. The van der Waals surface area contributed by atoms with E-state index in [4.69, 9.17) is 16.3 Å². The average Bonchev–Trinajstić information content (AvgIpc) is 2.59. The summed E-state index contributed by atoms with van der Waals surface area (Å²) in [6, 6.07) is 10.5. The minimum Gasteiger partial charge on any atom is -0.495 e. The minimum absolute atomic E-state index is 0.0706. The highest BCUT2D eigenvalue weighted by Crippen LogP contribution is 2.31. The zero-order valence-corrected chi connectivity index (χ0v) is 14.2. The van der Waals surface area contributed by atoms with Crippen molar-refractivity contribution < 1.29 is 22.7 Å². The molecule has 2 aromatic rings. The molecule has 0 atom stereocenters. The molecular formula is C18H12ClF3N2O2. The lowest BCUT2D eigenvalue weighted by molar-refractivity contribution is -0.137. The van der Waals surface area contributed by atoms with E-state index >= 15 is 0 Å². The Hall–Kier alpha value is -2.98. The topological polar surface area (TPSA) is 62.1 Å². The van der Waals surface area contributed by atoms with Crippen molar-refractivity contribution in [2.24, 2.45) is 0 Å². The van der Waals surface area contributed by atoms with Gasteiger partial charge < -0.3 is 10.1 Å². The first kappa shape index (κ1) is 19.3. The molecule has 0 bridgehead atoms. The van der Waals surface area contributed by atoms with Gasteiger partial charge in [-0.05, 0) is 42.0 Å². The van der Waals surface area contributed by atoms with E-state index in [0.29, 0.717) is 11.3 Å². The molecule has 0 heterocycles. The van der Waals surface area contributed by atoms with Crippen LogP contribution in [0.5, 0.6) is 5.75 Å². The highest BCUT2D eigenvalue weighted by molar-refractivity contribution is 6.32. The smallest absolute Gasteiger partial charge is 0.416 e. The lowest BCUT2D eigenvalue weighted by Gasteiger charge is -2.09. The normalized spacial score (nSPS) is 11.6. The van der Waals surface area contributed by atoms with Gasteiger partial charge in [0.15, 0.2) is 0 Å². The lowest BCUT2D eigenvalue weighted by atomic mass is 10.1. The number of carbonyl (C=O) groups is 1. The van der Waals surface area contributed by atoms with Gasteiger partial charge in [-0.1, -0.05) is 23.7 Å². The van der Waals surface area contributed by atoms with Crippen LogP contribution in [0.1, 0.15) is 11.1 Å². The molecule has 134 valence electrons. The summed E-state index contributed by atoms with van der Waals surface area (Å²) < 4.78 is 43.2. The molecule has 0 aliphatic carbocycles. The molecule has 0 saturated heterocycles. The van der Waals surface area contributed by atoms with Crippen molar-refractivity contribution in [3.63, 3.8) is 0 Å². The van der Waals surface area contributed by atoms with E-state index in [-0.39, 0.29) is 16.3 Å². The molecule has 2 rings (SSSR count). The summed E-state index contributed by atoms with van der Waals surface area (Å²) in [6.07, 6.45) is -3.26. The molecule has 2 aromatic carbocycles. The van der Waals surface area contributed by atoms with Crippen molar-refractivity contribution in [2.75, 3.05) is 12.4 Å². The van der Waals surface area contributed by atoms with E-state index in [2.05, 4.69) is 5.32 Å². The number of methoxy groups -OCH3 is 1. The average molecular weight is 381 g/mol. The summed E-state index contributed by atoms with van der Waals surface area (Å²) in [5.41, 5.74) is -0.798. The SMILES string of the molecule is COc1ccc(/C=C(\C#N)C(=O)Nc2cccc(C(F)(F)F)c2)cc1Cl. The van der Waals surface area contributed by atoms with E-state index < -0.39 is 17.6 Å². The Morgan fingerprint density at radius 3 is 2.58 bits per heavy atom. The van der Waals surface area contributed by atoms with Crippen LogP contribution in [-0.2, 0) is 11.0 Å². The number of hydrogen-bond acceptors (Lipinski definition) is 3. The fraction of sp³-hybridized carbons (Fsp3) is 0.111. The molecule has 8 heteroatoms. The summed E-state index contributed by atoms with van der Waals surface area (Å²) in [7, 11) is 1.44. The molecule has 0 unspecified atom stereocenters. The third-order valence-electron chi connectivity index (χ3n) is 3.30. The van der Waals surface area contributed by atoms with Crippen LogP contribution in [0.3, 0.4) is 0 Å². The fourth-order valence-electron chi connectivity index (χ4n) is 2.06. The van der Waals surface area contributed by atoms with Crippen molar-refractivity contribution >= 4 is 29.3 Å². The van der Waals surface area contributed by atoms with Crippen LogP contribution in [-0.4, -0.2) is 13.0 Å². The molecular weight excluding hydrogens is 369 g/mol. The van der Waals surface area contributed by atoms with Crippen LogP contribution in [0.4, 0.5) is 18.9 Å². The second-order valence-electron chi connectivity index (χ2n) is 5.10. The number of nitrogens with one attached hydrogen (secondary N) is 1. The maximum absolute atomic E-state index is 12.7. The largest absolute Gasteiger partial charge is 0.495 e. The van der Waals surface area contributed by atoms with E-state index in [1.807, 2.05) is 0 Å². The van der Waals surface area contributed by atoms with Crippen molar-refractivity contribution in [2.45, 2.75) is 6.18 Å². The predicted molar refractivity (Wildman–Crippen MR) is 91.7 cm³/mol. The van der Waals surface area contributed by atoms with E-state index in [1.165, 1.54) is 25.3 Å². The highest BCUT2D eigenvalue weighted by Gasteiger charge is 2.30. The summed E-state index contributed by atoms with van der Waals surface area (Å²) in [4.78, 5) is 12.2. The van der Waals surface area contributed by atoms with Crippen molar-refractivity contribution in [1.29, 1.82) is 5.26 Å². The Kier molecular flexibility index (Phi) is 5.90. The van der Waals surface area contributed by atoms with Crippen LogP contribution < -0.4 is 10.1 Å². The molecule has 1 N–H and O–H groups in total. The van der Waals surface area contributed by atoms with Crippen molar-refractivity contribution in [1.82, 2.24) is 0 Å². The van der Waals surface area contributed by atoms with Crippen LogP contribution in [0.2, 0.25) is 5.02 Å². The number of ether oxygens (including phenoxy) is 1. The van der Waals surface area contributed by atoms with Gasteiger partial charge in [0.1, 0.15) is 17.4 Å². The van der Waals surface area contributed by atoms with E-state index in [1.54, 1.807) is 18.2 Å². The molecule has 26 heavy (non-hydrogen) atoms. The molecule has 0 aromatic heterocycles. The van der Waals surface area contributed by atoms with Gasteiger partial charge in [0.05, 0.1) is 17.7 Å². The zero-order chi connectivity index (χ0) is 19.3. The summed E-state index contributed by atoms with van der Waals surface area (Å²) in [5.74, 6) is -0.408. The quantitative estimate of drug-likeness (QED) is 0.605. The van der Waals surface area contributed by atoms with Crippen LogP contribution in [0.25, 0.3) is 6.08 Å². The number of benzene rings is 2. The molecule has 0 spiro atoms. The number of carbonyl (C=O) groups excluding carboxylic acids is 1. The van der Waals surface area contributed by atoms with E-state index in [9.17, 15) is 23.2 Å². The lowest BCUT2D eigenvalue weighted by Crippen LogP contribution is -2.14. The Bertz CT molecular complexity index is 902. The van der Waals surface area contributed by atoms with Crippen molar-refractivity contribution in [3.05, 3.63) is 64.2 Å². The number of anilines is 1. The number of nitrogens with zero attached hydrogens (tertiary/aromatic N) is 1. The Balaban J connectivity index is 2.24. The number of alkyl halides is 3. The number of nitriles is 1. The maximum Gasteiger partial charge on any atom is 0.416 e. The second kappa shape index (κ2) is 7.93.